The number of ether oxygens (including phenoxy) is 1. The molecule has 0 aromatic heterocycles. The van der Waals surface area contributed by atoms with Crippen molar-refractivity contribution in [2.75, 3.05) is 4.90 Å². The van der Waals surface area contributed by atoms with Crippen LogP contribution in [0.15, 0.2) is 200 Å². The highest BCUT2D eigenvalue weighted by molar-refractivity contribution is 6.01. The molecule has 0 bridgehead atoms. The van der Waals surface area contributed by atoms with E-state index in [1.807, 2.05) is 0 Å². The minimum Gasteiger partial charge on any atom is -0.456 e. The van der Waals surface area contributed by atoms with E-state index in [0.29, 0.717) is 0 Å². The van der Waals surface area contributed by atoms with Crippen molar-refractivity contribution in [3.8, 4) is 44.9 Å². The molecule has 1 unspecified atom stereocenters. The second-order valence-electron chi connectivity index (χ2n) is 16.4. The fraction of sp³-hybridized carbons (Fsp3) is 0.0714. The Morgan fingerprint density at radius 1 is 0.414 bits per heavy atom. The minimum atomic E-state index is -0.597. The van der Waals surface area contributed by atoms with Crippen LogP contribution < -0.4 is 9.64 Å². The number of benzene rings is 9. The Bertz CT molecular complexity index is 3120. The molecule has 2 heteroatoms. The van der Waals surface area contributed by atoms with Gasteiger partial charge in [0.2, 0.25) is 0 Å². The summed E-state index contributed by atoms with van der Waals surface area (Å²) in [5.74, 6) is 1.83. The molecule has 0 radical (unpaired) electrons. The minimum absolute atomic E-state index is 0.141. The fourth-order valence-corrected chi connectivity index (χ4v) is 10.5. The lowest BCUT2D eigenvalue weighted by Gasteiger charge is -2.40. The van der Waals surface area contributed by atoms with Crippen molar-refractivity contribution in [3.63, 3.8) is 0 Å². The van der Waals surface area contributed by atoms with Crippen LogP contribution in [0.2, 0.25) is 0 Å². The first-order chi connectivity index (χ1) is 28.5. The van der Waals surface area contributed by atoms with Crippen molar-refractivity contribution in [2.24, 2.45) is 0 Å². The second kappa shape index (κ2) is 12.2. The summed E-state index contributed by atoms with van der Waals surface area (Å²) in [6, 6.07) is 73.6. The van der Waals surface area contributed by atoms with Crippen LogP contribution in [0.4, 0.5) is 17.1 Å². The number of nitrogens with zero attached hydrogens (tertiary/aromatic N) is 1. The standard InChI is InChI=1S/C56H39NO/c1-55(2)45-21-10-8-19-42(45)43-33-32-40(35-50(43)55)57(39-30-27-37(28-31-39)36-15-4-3-5-16-36)51-25-14-24-48-53(51)44-20-9-11-22-46(44)56(48)47-23-12-13-26-52(47)58-54-41-18-7-6-17-38(41)29-34-49(54)56/h3-35H,1-2H3. The molecule has 0 N–H and O–H groups in total. The van der Waals surface area contributed by atoms with Gasteiger partial charge >= 0.3 is 0 Å². The maximum atomic E-state index is 6.95. The van der Waals surface area contributed by atoms with Crippen molar-refractivity contribution < 1.29 is 4.74 Å². The monoisotopic (exact) mass is 741 g/mol. The Hall–Kier alpha value is -7.16. The van der Waals surface area contributed by atoms with Crippen molar-refractivity contribution in [3.05, 3.63) is 234 Å². The molecule has 0 fully saturated rings. The van der Waals surface area contributed by atoms with Crippen molar-refractivity contribution in [2.45, 2.75) is 24.7 Å². The average molecular weight is 742 g/mol. The van der Waals surface area contributed by atoms with Crippen molar-refractivity contribution >= 4 is 27.8 Å². The summed E-state index contributed by atoms with van der Waals surface area (Å²) >= 11 is 0. The molecule has 2 nitrogen and oxygen atoms in total. The van der Waals surface area contributed by atoms with Gasteiger partial charge in [-0.25, -0.2) is 0 Å². The van der Waals surface area contributed by atoms with Crippen LogP contribution in [0, 0.1) is 0 Å². The quantitative estimate of drug-likeness (QED) is 0.178. The molecule has 1 spiro atoms. The van der Waals surface area contributed by atoms with Crippen LogP contribution in [0.3, 0.4) is 0 Å². The zero-order valence-electron chi connectivity index (χ0n) is 32.4. The van der Waals surface area contributed by atoms with Crippen molar-refractivity contribution in [1.29, 1.82) is 0 Å². The van der Waals surface area contributed by atoms with E-state index in [-0.39, 0.29) is 5.41 Å². The normalized spacial score (nSPS) is 16.1. The predicted molar refractivity (Wildman–Crippen MR) is 239 cm³/mol. The summed E-state index contributed by atoms with van der Waals surface area (Å²) in [5.41, 5.74) is 17.8. The lowest BCUT2D eigenvalue weighted by Crippen LogP contribution is -2.32. The first kappa shape index (κ1) is 33.0. The molecule has 58 heavy (non-hydrogen) atoms. The zero-order valence-corrected chi connectivity index (χ0v) is 32.4. The first-order valence-corrected chi connectivity index (χ1v) is 20.3. The molecule has 12 rings (SSSR count). The maximum Gasteiger partial charge on any atom is 0.140 e. The summed E-state index contributed by atoms with van der Waals surface area (Å²) in [7, 11) is 0. The van der Waals surface area contributed by atoms with Crippen molar-refractivity contribution in [1.82, 2.24) is 0 Å². The molecule has 1 atom stereocenters. The number of anilines is 3. The van der Waals surface area contributed by atoms with E-state index in [1.54, 1.807) is 0 Å². The largest absolute Gasteiger partial charge is 0.456 e. The molecule has 1 heterocycles. The van der Waals surface area contributed by atoms with Gasteiger partial charge in [-0.3, -0.25) is 0 Å². The van der Waals surface area contributed by atoms with Gasteiger partial charge in [-0.15, -0.1) is 0 Å². The van der Waals surface area contributed by atoms with E-state index in [9.17, 15) is 0 Å². The summed E-state index contributed by atoms with van der Waals surface area (Å²) < 4.78 is 6.95. The van der Waals surface area contributed by atoms with Crippen LogP contribution in [-0.2, 0) is 10.8 Å². The third-order valence-electron chi connectivity index (χ3n) is 13.1. The SMILES string of the molecule is CC1(C)c2ccccc2-c2ccc(N(c3ccc(-c4ccccc4)cc3)c3cccc4c3-c3ccccc3C43c4ccccc4Oc4c3ccc3ccccc43)cc21. The summed E-state index contributed by atoms with van der Waals surface area (Å²) in [5, 5.41) is 2.29. The molecule has 0 saturated heterocycles. The van der Waals surface area contributed by atoms with E-state index in [1.165, 1.54) is 66.6 Å². The first-order valence-electron chi connectivity index (χ1n) is 20.3. The number of para-hydroxylation sites is 1. The zero-order chi connectivity index (χ0) is 38.6. The van der Waals surface area contributed by atoms with E-state index in [4.69, 9.17) is 4.74 Å². The third kappa shape index (κ3) is 4.43. The van der Waals surface area contributed by atoms with Gasteiger partial charge in [0.25, 0.3) is 0 Å². The van der Waals surface area contributed by atoms with E-state index in [2.05, 4.69) is 219 Å². The lowest BCUT2D eigenvalue weighted by atomic mass is 9.65. The molecule has 274 valence electrons. The molecular weight excluding hydrogens is 703 g/mol. The Kier molecular flexibility index (Phi) is 6.93. The summed E-state index contributed by atoms with van der Waals surface area (Å²) in [6.07, 6.45) is 0. The molecule has 9 aromatic rings. The molecule has 2 aliphatic carbocycles. The highest BCUT2D eigenvalue weighted by atomic mass is 16.5. The Labute approximate surface area is 339 Å². The number of fused-ring (bicyclic) bond motifs is 14. The van der Waals surface area contributed by atoms with Crippen LogP contribution in [-0.4, -0.2) is 0 Å². The van der Waals surface area contributed by atoms with Gasteiger partial charge in [-0.2, -0.15) is 0 Å². The van der Waals surface area contributed by atoms with Gasteiger partial charge in [0.15, 0.2) is 0 Å². The van der Waals surface area contributed by atoms with E-state index >= 15 is 0 Å². The van der Waals surface area contributed by atoms with Gasteiger partial charge in [-0.05, 0) is 91.9 Å². The highest BCUT2D eigenvalue weighted by Gasteiger charge is 2.52. The number of rotatable bonds is 4. The second-order valence-corrected chi connectivity index (χ2v) is 16.4. The van der Waals surface area contributed by atoms with Gasteiger partial charge in [0.1, 0.15) is 11.5 Å². The molecule has 9 aromatic carbocycles. The molecule has 1 aliphatic heterocycles. The average Bonchev–Trinajstić information content (AvgIpc) is 3.70. The van der Waals surface area contributed by atoms with Crippen LogP contribution in [0.25, 0.3) is 44.2 Å². The Morgan fingerprint density at radius 2 is 1.05 bits per heavy atom. The lowest BCUT2D eigenvalue weighted by molar-refractivity contribution is 0.441. The Balaban J connectivity index is 1.14. The number of hydrogen-bond acceptors (Lipinski definition) is 2. The molecule has 0 amide bonds. The van der Waals surface area contributed by atoms with Gasteiger partial charge < -0.3 is 9.64 Å². The van der Waals surface area contributed by atoms with Crippen LogP contribution >= 0.6 is 0 Å². The molecule has 3 aliphatic rings. The third-order valence-corrected chi connectivity index (χ3v) is 13.1. The van der Waals surface area contributed by atoms with Gasteiger partial charge in [0, 0.05) is 38.9 Å². The smallest absolute Gasteiger partial charge is 0.140 e. The molecular formula is C56H39NO. The van der Waals surface area contributed by atoms with E-state index in [0.717, 1.165) is 39.5 Å². The topological polar surface area (TPSA) is 12.5 Å². The fourth-order valence-electron chi connectivity index (χ4n) is 10.5. The van der Waals surface area contributed by atoms with Crippen LogP contribution in [0.1, 0.15) is 47.2 Å². The maximum absolute atomic E-state index is 6.95. The van der Waals surface area contributed by atoms with Gasteiger partial charge in [-0.1, -0.05) is 178 Å². The highest BCUT2D eigenvalue weighted by Crippen LogP contribution is 2.65. The van der Waals surface area contributed by atoms with Crippen LogP contribution in [0.5, 0.6) is 11.5 Å². The predicted octanol–water partition coefficient (Wildman–Crippen LogP) is 14.8. The summed E-state index contributed by atoms with van der Waals surface area (Å²) in [4.78, 5) is 2.50. The molecule has 0 saturated carbocycles. The summed E-state index contributed by atoms with van der Waals surface area (Å²) in [6.45, 7) is 4.73. The Morgan fingerprint density at radius 3 is 1.90 bits per heavy atom. The number of hydrogen-bond donors (Lipinski definition) is 0. The van der Waals surface area contributed by atoms with Gasteiger partial charge in [0.05, 0.1) is 11.1 Å². The van der Waals surface area contributed by atoms with E-state index < -0.39 is 5.41 Å².